The van der Waals surface area contributed by atoms with Crippen molar-refractivity contribution in [3.63, 3.8) is 0 Å². The van der Waals surface area contributed by atoms with Gasteiger partial charge in [-0.1, -0.05) is 6.92 Å². The average Bonchev–Trinajstić information content (AvgIpc) is 2.53. The summed E-state index contributed by atoms with van der Waals surface area (Å²) in [5.74, 6) is 1.32. The van der Waals surface area contributed by atoms with E-state index in [0.29, 0.717) is 29.7 Å². The predicted molar refractivity (Wildman–Crippen MR) is 90.8 cm³/mol. The van der Waals surface area contributed by atoms with E-state index in [-0.39, 0.29) is 5.91 Å². The summed E-state index contributed by atoms with van der Waals surface area (Å²) in [6, 6.07) is 3.90. The van der Waals surface area contributed by atoms with Crippen molar-refractivity contribution in [3.05, 3.63) is 22.2 Å². The van der Waals surface area contributed by atoms with Crippen molar-refractivity contribution in [2.24, 2.45) is 0 Å². The van der Waals surface area contributed by atoms with E-state index in [9.17, 15) is 4.79 Å². The number of benzene rings is 1. The molecule has 0 aliphatic carbocycles. The molecule has 0 aromatic heterocycles. The number of carbonyl (C=O) groups is 1. The quantitative estimate of drug-likeness (QED) is 0.777. The van der Waals surface area contributed by atoms with Crippen molar-refractivity contribution in [2.45, 2.75) is 45.6 Å². The molecule has 1 amide bonds. The van der Waals surface area contributed by atoms with Gasteiger partial charge in [0.25, 0.3) is 5.91 Å². The Morgan fingerprint density at radius 3 is 2.82 bits per heavy atom. The Morgan fingerprint density at radius 1 is 1.41 bits per heavy atom. The number of methoxy groups -OCH3 is 1. The normalized spacial score (nSPS) is 18.2. The lowest BCUT2D eigenvalue weighted by Gasteiger charge is -2.33. The third-order valence-corrected chi connectivity index (χ3v) is 4.58. The van der Waals surface area contributed by atoms with Gasteiger partial charge in [0.2, 0.25) is 0 Å². The van der Waals surface area contributed by atoms with Crippen molar-refractivity contribution in [3.8, 4) is 11.5 Å². The molecule has 1 aromatic rings. The summed E-state index contributed by atoms with van der Waals surface area (Å²) in [5, 5.41) is 0. The van der Waals surface area contributed by atoms with Crippen LogP contribution in [0.1, 0.15) is 49.9 Å². The highest BCUT2D eigenvalue weighted by Gasteiger charge is 2.25. The van der Waals surface area contributed by atoms with E-state index >= 15 is 0 Å². The van der Waals surface area contributed by atoms with E-state index in [2.05, 4.69) is 29.8 Å². The first-order chi connectivity index (χ1) is 10.6. The summed E-state index contributed by atoms with van der Waals surface area (Å²) in [4.78, 5) is 14.7. The van der Waals surface area contributed by atoms with Crippen molar-refractivity contribution < 1.29 is 14.3 Å². The second-order valence-electron chi connectivity index (χ2n) is 5.68. The fourth-order valence-corrected chi connectivity index (χ4v) is 3.31. The van der Waals surface area contributed by atoms with Crippen LogP contribution in [0.25, 0.3) is 0 Å². The van der Waals surface area contributed by atoms with Crippen LogP contribution in [0.2, 0.25) is 0 Å². The van der Waals surface area contributed by atoms with Crippen LogP contribution in [0, 0.1) is 0 Å². The van der Waals surface area contributed by atoms with Crippen LogP contribution in [-0.2, 0) is 0 Å². The maximum absolute atomic E-state index is 12.8. The number of piperidine rings is 1. The molecule has 0 radical (unpaired) electrons. The van der Waals surface area contributed by atoms with Crippen LogP contribution < -0.4 is 9.47 Å². The lowest BCUT2D eigenvalue weighted by molar-refractivity contribution is 0.0635. The summed E-state index contributed by atoms with van der Waals surface area (Å²) < 4.78 is 11.9. The molecule has 5 heteroatoms. The number of amides is 1. The third-order valence-electron chi connectivity index (χ3n) is 3.99. The molecule has 1 atom stereocenters. The van der Waals surface area contributed by atoms with Gasteiger partial charge in [0.1, 0.15) is 0 Å². The number of likely N-dealkylation sites (tertiary alicyclic amines) is 1. The molecule has 1 aliphatic rings. The third kappa shape index (κ3) is 3.75. The number of ether oxygens (including phenoxy) is 2. The highest BCUT2D eigenvalue weighted by atomic mass is 79.9. The van der Waals surface area contributed by atoms with E-state index in [0.717, 1.165) is 30.3 Å². The number of hydrogen-bond donors (Lipinski definition) is 0. The lowest BCUT2D eigenvalue weighted by atomic mass is 10.0. The molecule has 1 fully saturated rings. The zero-order valence-corrected chi connectivity index (χ0v) is 15.1. The molecule has 0 bridgehead atoms. The van der Waals surface area contributed by atoms with E-state index in [1.807, 2.05) is 11.0 Å². The minimum atomic E-state index is 0.0632. The van der Waals surface area contributed by atoms with Gasteiger partial charge in [0, 0.05) is 18.2 Å². The van der Waals surface area contributed by atoms with Crippen molar-refractivity contribution in [1.82, 2.24) is 4.90 Å². The Morgan fingerprint density at radius 2 is 2.18 bits per heavy atom. The topological polar surface area (TPSA) is 38.8 Å². The van der Waals surface area contributed by atoms with Crippen LogP contribution in [0.4, 0.5) is 0 Å². The molecule has 1 heterocycles. The molecule has 1 aliphatic heterocycles. The van der Waals surface area contributed by atoms with Crippen LogP contribution in [0.3, 0.4) is 0 Å². The van der Waals surface area contributed by atoms with Gasteiger partial charge in [-0.2, -0.15) is 0 Å². The monoisotopic (exact) mass is 369 g/mol. The molecule has 0 saturated carbocycles. The first-order valence-corrected chi connectivity index (χ1v) is 8.69. The van der Waals surface area contributed by atoms with Crippen LogP contribution in [0.15, 0.2) is 16.6 Å². The Labute approximate surface area is 140 Å². The molecule has 1 unspecified atom stereocenters. The average molecular weight is 370 g/mol. The highest BCUT2D eigenvalue weighted by Crippen LogP contribution is 2.37. The smallest absolute Gasteiger partial charge is 0.254 e. The summed E-state index contributed by atoms with van der Waals surface area (Å²) in [6.45, 7) is 5.61. The second kappa shape index (κ2) is 7.86. The van der Waals surface area contributed by atoms with Crippen molar-refractivity contribution in [2.75, 3.05) is 20.3 Å². The SMILES string of the molecule is CCCOc1c(Br)cc(C(=O)N2CCCCC2C)cc1OC. The highest BCUT2D eigenvalue weighted by molar-refractivity contribution is 9.10. The fraction of sp³-hybridized carbons (Fsp3) is 0.588. The van der Waals surface area contributed by atoms with Gasteiger partial charge in [0.15, 0.2) is 11.5 Å². The van der Waals surface area contributed by atoms with Gasteiger partial charge in [-0.3, -0.25) is 4.79 Å². The largest absolute Gasteiger partial charge is 0.493 e. The van der Waals surface area contributed by atoms with Crippen LogP contribution in [0.5, 0.6) is 11.5 Å². The molecular weight excluding hydrogens is 346 g/mol. The van der Waals surface area contributed by atoms with Gasteiger partial charge >= 0.3 is 0 Å². The molecule has 4 nitrogen and oxygen atoms in total. The predicted octanol–water partition coefficient (Wildman–Crippen LogP) is 4.26. The zero-order chi connectivity index (χ0) is 16.1. The number of nitrogens with zero attached hydrogens (tertiary/aromatic N) is 1. The maximum Gasteiger partial charge on any atom is 0.254 e. The van der Waals surface area contributed by atoms with E-state index in [1.54, 1.807) is 13.2 Å². The maximum atomic E-state index is 12.8. The Kier molecular flexibility index (Phi) is 6.12. The summed E-state index contributed by atoms with van der Waals surface area (Å²) in [5.41, 5.74) is 0.640. The Bertz CT molecular complexity index is 533. The van der Waals surface area contributed by atoms with E-state index < -0.39 is 0 Å². The number of halogens is 1. The number of hydrogen-bond acceptors (Lipinski definition) is 3. The molecular formula is C17H24BrNO3. The molecule has 22 heavy (non-hydrogen) atoms. The summed E-state index contributed by atoms with van der Waals surface area (Å²) >= 11 is 3.50. The second-order valence-corrected chi connectivity index (χ2v) is 6.54. The van der Waals surface area contributed by atoms with E-state index in [4.69, 9.17) is 9.47 Å². The standard InChI is InChI=1S/C17H24BrNO3/c1-4-9-22-16-14(18)10-13(11-15(16)21-3)17(20)19-8-6-5-7-12(19)2/h10-12H,4-9H2,1-3H3. The van der Waals surface area contributed by atoms with Crippen LogP contribution in [-0.4, -0.2) is 37.1 Å². The number of carbonyl (C=O) groups excluding carboxylic acids is 1. The Balaban J connectivity index is 2.27. The lowest BCUT2D eigenvalue weighted by Crippen LogP contribution is -2.42. The minimum absolute atomic E-state index is 0.0632. The first kappa shape index (κ1) is 17.1. The Hall–Kier alpha value is -1.23. The van der Waals surface area contributed by atoms with Gasteiger partial charge in [-0.15, -0.1) is 0 Å². The van der Waals surface area contributed by atoms with Gasteiger partial charge in [-0.25, -0.2) is 0 Å². The number of rotatable bonds is 5. The van der Waals surface area contributed by atoms with Crippen molar-refractivity contribution in [1.29, 1.82) is 0 Å². The molecule has 2 rings (SSSR count). The van der Waals surface area contributed by atoms with Crippen LogP contribution >= 0.6 is 15.9 Å². The molecule has 122 valence electrons. The molecule has 0 spiro atoms. The molecule has 1 aromatic carbocycles. The van der Waals surface area contributed by atoms with E-state index in [1.165, 1.54) is 6.42 Å². The summed E-state index contributed by atoms with van der Waals surface area (Å²) in [7, 11) is 1.60. The van der Waals surface area contributed by atoms with Gasteiger partial charge in [-0.05, 0) is 60.7 Å². The van der Waals surface area contributed by atoms with Gasteiger partial charge < -0.3 is 14.4 Å². The first-order valence-electron chi connectivity index (χ1n) is 7.89. The van der Waals surface area contributed by atoms with Crippen molar-refractivity contribution >= 4 is 21.8 Å². The van der Waals surface area contributed by atoms with Gasteiger partial charge in [0.05, 0.1) is 18.2 Å². The zero-order valence-electron chi connectivity index (χ0n) is 13.5. The molecule has 1 saturated heterocycles. The summed E-state index contributed by atoms with van der Waals surface area (Å²) in [6.07, 6.45) is 4.26. The minimum Gasteiger partial charge on any atom is -0.493 e. The fourth-order valence-electron chi connectivity index (χ4n) is 2.75. The molecule has 0 N–H and O–H groups in total.